The van der Waals surface area contributed by atoms with Crippen LogP contribution in [0.25, 0.3) is 0 Å². The Kier molecular flexibility index (Phi) is 5.27. The molecule has 0 saturated heterocycles. The number of Topliss-reactive ketones (excluding diaryl/α,β-unsaturated/α-hetero) is 2. The van der Waals surface area contributed by atoms with Gasteiger partial charge in [0.1, 0.15) is 0 Å². The van der Waals surface area contributed by atoms with E-state index in [1.54, 1.807) is 0 Å². The minimum atomic E-state index is -5.27. The molecular formula is C14H8F3N3O4S. The zero-order chi connectivity index (χ0) is 18.6. The number of halogens is 3. The lowest BCUT2D eigenvalue weighted by atomic mass is 10.1. The number of nitrogens with one attached hydrogen (secondary N) is 1. The monoisotopic (exact) mass is 371 g/mol. The molecule has 1 N–H and O–H groups in total. The van der Waals surface area contributed by atoms with Crippen LogP contribution in [0.5, 0.6) is 0 Å². The average molecular weight is 371 g/mol. The van der Waals surface area contributed by atoms with Crippen molar-refractivity contribution in [3.8, 4) is 0 Å². The smallest absolute Gasteiger partial charge is 0.286 e. The topological polar surface area (TPSA) is 102 Å². The molecule has 1 aromatic heterocycles. The number of non-ortho nitro benzene ring substituents is 1. The summed E-state index contributed by atoms with van der Waals surface area (Å²) in [7, 11) is 0. The van der Waals surface area contributed by atoms with Gasteiger partial charge in [-0.2, -0.15) is 18.3 Å². The van der Waals surface area contributed by atoms with Crippen molar-refractivity contribution >= 4 is 40.0 Å². The van der Waals surface area contributed by atoms with E-state index < -0.39 is 28.4 Å². The first-order valence-electron chi connectivity index (χ1n) is 6.48. The number of hydrazone groups is 1. The number of nitrogens with zero attached hydrogens (tertiary/aromatic N) is 2. The lowest BCUT2D eigenvalue weighted by Gasteiger charge is -2.08. The lowest BCUT2D eigenvalue weighted by Crippen LogP contribution is -2.36. The van der Waals surface area contributed by atoms with Crippen molar-refractivity contribution in [3.05, 3.63) is 56.8 Å². The number of nitro benzene ring substituents is 1. The van der Waals surface area contributed by atoms with E-state index in [2.05, 4.69) is 10.5 Å². The standard InChI is InChI=1S/C14H8F3N3O4S/c15-14(16,17)13(22)11(12(21)10-2-1-7-25-10)19-18-8-3-5-9(6-4-8)20(23)24/h1-7,18H/b19-11-. The molecular weight excluding hydrogens is 363 g/mol. The third kappa shape index (κ3) is 4.47. The number of anilines is 1. The summed E-state index contributed by atoms with van der Waals surface area (Å²) in [6, 6.07) is 7.23. The molecule has 0 atom stereocenters. The molecule has 1 aromatic carbocycles. The molecule has 0 fully saturated rings. The molecule has 0 unspecified atom stereocenters. The number of nitro groups is 1. The Morgan fingerprint density at radius 2 is 1.80 bits per heavy atom. The second kappa shape index (κ2) is 7.21. The fourth-order valence-electron chi connectivity index (χ4n) is 1.64. The summed E-state index contributed by atoms with van der Waals surface area (Å²) >= 11 is 0.862. The molecule has 130 valence electrons. The van der Waals surface area contributed by atoms with Crippen molar-refractivity contribution in [2.75, 3.05) is 5.43 Å². The van der Waals surface area contributed by atoms with Gasteiger partial charge in [-0.05, 0) is 23.6 Å². The maximum atomic E-state index is 12.7. The highest BCUT2D eigenvalue weighted by atomic mass is 32.1. The normalized spacial score (nSPS) is 11.9. The maximum absolute atomic E-state index is 12.7. The van der Waals surface area contributed by atoms with Crippen molar-refractivity contribution in [3.63, 3.8) is 0 Å². The van der Waals surface area contributed by atoms with Crippen LogP contribution < -0.4 is 5.43 Å². The van der Waals surface area contributed by atoms with Crippen LogP contribution in [0, 0.1) is 10.1 Å². The van der Waals surface area contributed by atoms with Crippen LogP contribution in [-0.4, -0.2) is 28.4 Å². The number of carbonyl (C=O) groups excluding carboxylic acids is 2. The minimum Gasteiger partial charge on any atom is -0.286 e. The van der Waals surface area contributed by atoms with Gasteiger partial charge in [0.05, 0.1) is 15.5 Å². The Bertz CT molecular complexity index is 830. The number of carbonyl (C=O) groups is 2. The predicted molar refractivity (Wildman–Crippen MR) is 83.9 cm³/mol. The molecule has 0 aliphatic rings. The molecule has 0 radical (unpaired) electrons. The first-order valence-corrected chi connectivity index (χ1v) is 7.36. The number of ketones is 2. The van der Waals surface area contributed by atoms with E-state index in [-0.39, 0.29) is 16.3 Å². The van der Waals surface area contributed by atoms with E-state index >= 15 is 0 Å². The number of benzene rings is 1. The van der Waals surface area contributed by atoms with Gasteiger partial charge in [-0.1, -0.05) is 6.07 Å². The molecule has 1 heterocycles. The summed E-state index contributed by atoms with van der Waals surface area (Å²) in [6.45, 7) is 0. The molecule has 7 nitrogen and oxygen atoms in total. The van der Waals surface area contributed by atoms with Gasteiger partial charge >= 0.3 is 6.18 Å². The van der Waals surface area contributed by atoms with Gasteiger partial charge in [0.2, 0.25) is 5.78 Å². The Labute approximate surface area is 141 Å². The van der Waals surface area contributed by atoms with Gasteiger partial charge in [-0.15, -0.1) is 11.3 Å². The Morgan fingerprint density at radius 1 is 1.16 bits per heavy atom. The second-order valence-electron chi connectivity index (χ2n) is 4.51. The van der Waals surface area contributed by atoms with Crippen molar-refractivity contribution in [1.29, 1.82) is 0 Å². The molecule has 0 bridgehead atoms. The summed E-state index contributed by atoms with van der Waals surface area (Å²) in [5.74, 6) is -3.56. The van der Waals surface area contributed by atoms with Crippen LogP contribution in [0.1, 0.15) is 9.67 Å². The largest absolute Gasteiger partial charge is 0.456 e. The third-order valence-corrected chi connectivity index (χ3v) is 3.68. The number of hydrogen-bond donors (Lipinski definition) is 1. The molecule has 0 saturated carbocycles. The Hall–Kier alpha value is -3.08. The van der Waals surface area contributed by atoms with Gasteiger partial charge in [0.25, 0.3) is 11.5 Å². The fourth-order valence-corrected chi connectivity index (χ4v) is 2.31. The molecule has 25 heavy (non-hydrogen) atoms. The Balaban J connectivity index is 2.31. The molecule has 2 rings (SSSR count). The zero-order valence-corrected chi connectivity index (χ0v) is 12.9. The molecule has 0 amide bonds. The van der Waals surface area contributed by atoms with Crippen LogP contribution in [0.4, 0.5) is 24.5 Å². The first-order chi connectivity index (χ1) is 11.7. The highest BCUT2D eigenvalue weighted by Gasteiger charge is 2.44. The van der Waals surface area contributed by atoms with Gasteiger partial charge in [0.15, 0.2) is 5.71 Å². The molecule has 11 heteroatoms. The van der Waals surface area contributed by atoms with E-state index in [0.29, 0.717) is 0 Å². The summed E-state index contributed by atoms with van der Waals surface area (Å²) in [5, 5.41) is 15.3. The fraction of sp³-hybridized carbons (Fsp3) is 0.0714. The van der Waals surface area contributed by atoms with Crippen molar-refractivity contribution in [2.24, 2.45) is 5.10 Å². The van der Waals surface area contributed by atoms with E-state index in [9.17, 15) is 32.9 Å². The summed E-state index contributed by atoms with van der Waals surface area (Å²) < 4.78 is 38.1. The number of hydrogen-bond acceptors (Lipinski definition) is 7. The molecule has 0 aliphatic heterocycles. The number of thiophene rings is 1. The highest BCUT2D eigenvalue weighted by molar-refractivity contribution is 7.13. The van der Waals surface area contributed by atoms with Crippen LogP contribution >= 0.6 is 11.3 Å². The number of alkyl halides is 3. The predicted octanol–water partition coefficient (Wildman–Crippen LogP) is 3.44. The van der Waals surface area contributed by atoms with E-state index in [1.165, 1.54) is 29.6 Å². The average Bonchev–Trinajstić information content (AvgIpc) is 3.08. The highest BCUT2D eigenvalue weighted by Crippen LogP contribution is 2.21. The summed E-state index contributed by atoms with van der Waals surface area (Å²) in [4.78, 5) is 33.4. The quantitative estimate of drug-likeness (QED) is 0.276. The van der Waals surface area contributed by atoms with E-state index in [4.69, 9.17) is 0 Å². The minimum absolute atomic E-state index is 0.0667. The number of rotatable bonds is 6. The molecule has 0 aliphatic carbocycles. The van der Waals surface area contributed by atoms with Crippen LogP contribution in [0.3, 0.4) is 0 Å². The first kappa shape index (κ1) is 18.3. The van der Waals surface area contributed by atoms with Gasteiger partial charge in [0, 0.05) is 12.1 Å². The van der Waals surface area contributed by atoms with Gasteiger partial charge in [-0.25, -0.2) is 0 Å². The van der Waals surface area contributed by atoms with Gasteiger partial charge in [-0.3, -0.25) is 25.1 Å². The van der Waals surface area contributed by atoms with Crippen LogP contribution in [-0.2, 0) is 4.79 Å². The third-order valence-electron chi connectivity index (χ3n) is 2.81. The van der Waals surface area contributed by atoms with Gasteiger partial charge < -0.3 is 0 Å². The van der Waals surface area contributed by atoms with Crippen LogP contribution in [0.15, 0.2) is 46.9 Å². The van der Waals surface area contributed by atoms with Crippen LogP contribution in [0.2, 0.25) is 0 Å². The van der Waals surface area contributed by atoms with Crippen molar-refractivity contribution in [2.45, 2.75) is 6.18 Å². The summed E-state index contributed by atoms with van der Waals surface area (Å²) in [5.41, 5.74) is 0.636. The summed E-state index contributed by atoms with van der Waals surface area (Å²) in [6.07, 6.45) is -5.27. The van der Waals surface area contributed by atoms with E-state index in [0.717, 1.165) is 23.5 Å². The zero-order valence-electron chi connectivity index (χ0n) is 12.1. The van der Waals surface area contributed by atoms with E-state index in [1.807, 2.05) is 0 Å². The van der Waals surface area contributed by atoms with Crippen molar-refractivity contribution in [1.82, 2.24) is 0 Å². The SMILES string of the molecule is O=C(/C(=N/Nc1ccc([N+](=O)[O-])cc1)C(=O)C(F)(F)F)c1cccs1. The second-order valence-corrected chi connectivity index (χ2v) is 5.46. The molecule has 0 spiro atoms. The maximum Gasteiger partial charge on any atom is 0.456 e. The van der Waals surface area contributed by atoms with Crippen molar-refractivity contribution < 1.29 is 27.7 Å². The Morgan fingerprint density at radius 3 is 2.28 bits per heavy atom. The molecule has 2 aromatic rings. The lowest BCUT2D eigenvalue weighted by molar-refractivity contribution is -0.384.